The topological polar surface area (TPSA) is 112 Å². The third-order valence-corrected chi connectivity index (χ3v) is 4.92. The summed E-state index contributed by atoms with van der Waals surface area (Å²) in [6.45, 7) is 11.2. The molecule has 3 aromatic rings. The van der Waals surface area contributed by atoms with Gasteiger partial charge in [-0.2, -0.15) is 0 Å². The smallest absolute Gasteiger partial charge is 0.335 e. The van der Waals surface area contributed by atoms with E-state index < -0.39 is 17.9 Å². The quantitative estimate of drug-likeness (QED) is 0.451. The van der Waals surface area contributed by atoms with Crippen molar-refractivity contribution in [3.63, 3.8) is 0 Å². The maximum Gasteiger partial charge on any atom is 0.335 e. The number of carbonyl (C=O) groups is 3. The van der Waals surface area contributed by atoms with E-state index >= 15 is 0 Å². The van der Waals surface area contributed by atoms with Gasteiger partial charge in [0.05, 0.1) is 16.7 Å². The predicted molar refractivity (Wildman–Crippen MR) is 129 cm³/mol. The van der Waals surface area contributed by atoms with E-state index in [0.29, 0.717) is 16.7 Å². The molecule has 6 heteroatoms. The third-order valence-electron chi connectivity index (χ3n) is 4.92. The Morgan fingerprint density at radius 1 is 0.545 bits per heavy atom. The lowest BCUT2D eigenvalue weighted by Gasteiger charge is -2.02. The molecule has 0 spiro atoms. The van der Waals surface area contributed by atoms with Crippen LogP contribution >= 0.6 is 0 Å². The molecule has 0 fully saturated rings. The lowest BCUT2D eigenvalue weighted by molar-refractivity contribution is 0.0685. The van der Waals surface area contributed by atoms with Gasteiger partial charge in [-0.15, -0.1) is 0 Å². The number of hydrogen-bond acceptors (Lipinski definition) is 3. The minimum atomic E-state index is -0.864. The van der Waals surface area contributed by atoms with Crippen LogP contribution < -0.4 is 0 Å². The van der Waals surface area contributed by atoms with Gasteiger partial charge in [0.1, 0.15) is 0 Å². The van der Waals surface area contributed by atoms with Crippen LogP contribution in [0.5, 0.6) is 0 Å². The van der Waals surface area contributed by atoms with E-state index in [1.54, 1.807) is 43.3 Å². The number of rotatable bonds is 3. The summed E-state index contributed by atoms with van der Waals surface area (Å²) in [6.07, 6.45) is 0. The second-order valence-corrected chi connectivity index (χ2v) is 7.86. The molecule has 0 radical (unpaired) electrons. The normalized spacial score (nSPS) is 9.64. The summed E-state index contributed by atoms with van der Waals surface area (Å²) in [4.78, 5) is 31.6. The summed E-state index contributed by atoms with van der Waals surface area (Å²) in [5, 5.41) is 26.0. The van der Waals surface area contributed by atoms with Gasteiger partial charge in [-0.25, -0.2) is 14.4 Å². The van der Waals surface area contributed by atoms with Gasteiger partial charge in [0.25, 0.3) is 0 Å². The van der Waals surface area contributed by atoms with E-state index in [0.717, 1.165) is 33.4 Å². The fourth-order valence-corrected chi connectivity index (χ4v) is 3.13. The molecule has 174 valence electrons. The molecule has 0 amide bonds. The van der Waals surface area contributed by atoms with E-state index in [4.69, 9.17) is 15.3 Å². The molecule has 0 aliphatic carbocycles. The molecule has 0 aliphatic rings. The van der Waals surface area contributed by atoms with Crippen LogP contribution in [0.4, 0.5) is 0 Å². The van der Waals surface area contributed by atoms with Crippen molar-refractivity contribution in [2.24, 2.45) is 0 Å². The molecule has 0 bridgehead atoms. The van der Waals surface area contributed by atoms with Crippen LogP contribution in [0.15, 0.2) is 54.6 Å². The average Bonchev–Trinajstić information content (AvgIpc) is 2.69. The van der Waals surface area contributed by atoms with Crippen molar-refractivity contribution >= 4 is 17.9 Å². The molecule has 0 aromatic heterocycles. The molecule has 0 aliphatic heterocycles. The van der Waals surface area contributed by atoms with Gasteiger partial charge < -0.3 is 15.3 Å². The van der Waals surface area contributed by atoms with Crippen molar-refractivity contribution in [1.82, 2.24) is 0 Å². The summed E-state index contributed by atoms with van der Waals surface area (Å²) in [5.74, 6) is -2.58. The minimum absolute atomic E-state index is 0.363. The highest BCUT2D eigenvalue weighted by molar-refractivity contribution is 5.90. The number of carboxylic acid groups (broad SMARTS) is 3. The monoisotopic (exact) mass is 450 g/mol. The van der Waals surface area contributed by atoms with Gasteiger partial charge in [0, 0.05) is 0 Å². The van der Waals surface area contributed by atoms with Crippen LogP contribution in [0.1, 0.15) is 64.5 Å². The summed E-state index contributed by atoms with van der Waals surface area (Å²) >= 11 is 0. The average molecular weight is 451 g/mol. The standard InChI is InChI=1S/3C9H10O2/c1-6-3-7(2)5-8(4-6)9(10)11;1-6-3-4-8(9(10)11)7(2)5-6;1-6-4-3-5-8(7(6)2)9(10)11/h3*3-5H,1-2H3,(H,10,11). The Labute approximate surface area is 194 Å². The zero-order valence-electron chi connectivity index (χ0n) is 19.8. The molecule has 0 heterocycles. The number of aryl methyl sites for hydroxylation is 5. The maximum atomic E-state index is 10.6. The Balaban J connectivity index is 0.000000247. The van der Waals surface area contributed by atoms with Crippen molar-refractivity contribution in [1.29, 1.82) is 0 Å². The zero-order valence-corrected chi connectivity index (χ0v) is 19.8. The first-order chi connectivity index (χ1) is 15.3. The first-order valence-electron chi connectivity index (χ1n) is 10.2. The van der Waals surface area contributed by atoms with E-state index in [9.17, 15) is 14.4 Å². The fourth-order valence-electron chi connectivity index (χ4n) is 3.13. The summed E-state index contributed by atoms with van der Waals surface area (Å²) in [6, 6.07) is 15.8. The number of aromatic carboxylic acids is 3. The van der Waals surface area contributed by atoms with Crippen molar-refractivity contribution in [3.05, 3.63) is 105 Å². The molecule has 0 atom stereocenters. The molecule has 33 heavy (non-hydrogen) atoms. The van der Waals surface area contributed by atoms with Gasteiger partial charge in [-0.1, -0.05) is 47.0 Å². The van der Waals surface area contributed by atoms with E-state index in [1.807, 2.05) is 52.8 Å². The Bertz CT molecular complexity index is 1140. The summed E-state index contributed by atoms with van der Waals surface area (Å²) in [7, 11) is 0. The molecule has 3 N–H and O–H groups in total. The lowest BCUT2D eigenvalue weighted by atomic mass is 10.0. The predicted octanol–water partition coefficient (Wildman–Crippen LogP) is 6.00. The second kappa shape index (κ2) is 12.2. The van der Waals surface area contributed by atoms with Crippen LogP contribution in [0.25, 0.3) is 0 Å². The molecule has 0 saturated carbocycles. The number of benzene rings is 3. The number of carboxylic acids is 3. The summed E-state index contributed by atoms with van der Waals surface area (Å²) < 4.78 is 0. The van der Waals surface area contributed by atoms with Gasteiger partial charge >= 0.3 is 17.9 Å². The van der Waals surface area contributed by atoms with Crippen LogP contribution in [0, 0.1) is 41.5 Å². The van der Waals surface area contributed by atoms with Crippen molar-refractivity contribution in [2.45, 2.75) is 41.5 Å². The lowest BCUT2D eigenvalue weighted by Crippen LogP contribution is -2.00. The van der Waals surface area contributed by atoms with Crippen LogP contribution in [0.3, 0.4) is 0 Å². The molecule has 3 rings (SSSR count). The molecular formula is C27H30O6. The van der Waals surface area contributed by atoms with Gasteiger partial charge in [0.2, 0.25) is 0 Å². The molecule has 0 unspecified atom stereocenters. The first-order valence-corrected chi connectivity index (χ1v) is 10.2. The van der Waals surface area contributed by atoms with Gasteiger partial charge in [-0.05, 0) is 82.5 Å². The van der Waals surface area contributed by atoms with Crippen LogP contribution in [0.2, 0.25) is 0 Å². The SMILES string of the molecule is Cc1cc(C)cc(C(=O)O)c1.Cc1ccc(C(=O)O)c(C)c1.Cc1cccc(C(=O)O)c1C. The molecule has 0 saturated heterocycles. The highest BCUT2D eigenvalue weighted by atomic mass is 16.4. The summed E-state index contributed by atoms with van der Waals surface area (Å²) in [5.41, 5.74) is 6.89. The molecule has 3 aromatic carbocycles. The highest BCUT2D eigenvalue weighted by Crippen LogP contribution is 2.12. The van der Waals surface area contributed by atoms with Crippen molar-refractivity contribution in [3.8, 4) is 0 Å². The van der Waals surface area contributed by atoms with Gasteiger partial charge in [0.15, 0.2) is 0 Å². The Kier molecular flexibility index (Phi) is 10.0. The Hall–Kier alpha value is -3.93. The third kappa shape index (κ3) is 8.61. The molecule has 6 nitrogen and oxygen atoms in total. The van der Waals surface area contributed by atoms with E-state index in [-0.39, 0.29) is 0 Å². The maximum absolute atomic E-state index is 10.6. The fraction of sp³-hybridized carbons (Fsp3) is 0.222. The van der Waals surface area contributed by atoms with Crippen LogP contribution in [-0.2, 0) is 0 Å². The van der Waals surface area contributed by atoms with Crippen molar-refractivity contribution < 1.29 is 29.7 Å². The number of hydrogen-bond donors (Lipinski definition) is 3. The Morgan fingerprint density at radius 2 is 1.09 bits per heavy atom. The van der Waals surface area contributed by atoms with E-state index in [1.165, 1.54) is 0 Å². The Morgan fingerprint density at radius 3 is 1.52 bits per heavy atom. The minimum Gasteiger partial charge on any atom is -0.478 e. The van der Waals surface area contributed by atoms with Crippen molar-refractivity contribution in [2.75, 3.05) is 0 Å². The zero-order chi connectivity index (χ0) is 25.3. The first kappa shape index (κ1) is 27.1. The largest absolute Gasteiger partial charge is 0.478 e. The molecular weight excluding hydrogens is 420 g/mol. The second-order valence-electron chi connectivity index (χ2n) is 7.86. The van der Waals surface area contributed by atoms with E-state index in [2.05, 4.69) is 0 Å². The van der Waals surface area contributed by atoms with Gasteiger partial charge in [-0.3, -0.25) is 0 Å². The highest BCUT2D eigenvalue weighted by Gasteiger charge is 2.06. The van der Waals surface area contributed by atoms with Crippen LogP contribution in [-0.4, -0.2) is 33.2 Å².